The third-order valence-electron chi connectivity index (χ3n) is 7.59. The number of ether oxygens (including phenoxy) is 3. The Bertz CT molecular complexity index is 1430. The summed E-state index contributed by atoms with van der Waals surface area (Å²) < 4.78 is 19.4. The Morgan fingerprint density at radius 1 is 1.07 bits per heavy atom. The topological polar surface area (TPSA) is 156 Å². The molecular weight excluding hydrogens is 586 g/mol. The lowest BCUT2D eigenvalue weighted by Gasteiger charge is -2.38. The number of hydrogen-bond donors (Lipinski definition) is 1. The Kier molecular flexibility index (Phi) is 13.1. The van der Waals surface area contributed by atoms with Crippen LogP contribution >= 0.6 is 11.8 Å². The third-order valence-corrected chi connectivity index (χ3v) is 8.56. The van der Waals surface area contributed by atoms with Crippen LogP contribution in [0.4, 0.5) is 0 Å². The molecule has 13 nitrogen and oxygen atoms in total. The number of amides is 1. The second-order valence-corrected chi connectivity index (χ2v) is 11.9. The van der Waals surface area contributed by atoms with Crippen molar-refractivity contribution in [3.63, 3.8) is 0 Å². The van der Waals surface area contributed by atoms with E-state index in [-0.39, 0.29) is 23.9 Å². The highest BCUT2D eigenvalue weighted by atomic mass is 32.2. The van der Waals surface area contributed by atoms with Crippen LogP contribution in [0.1, 0.15) is 37.7 Å². The lowest BCUT2D eigenvalue weighted by Crippen LogP contribution is -2.49. The van der Waals surface area contributed by atoms with Crippen LogP contribution in [-0.4, -0.2) is 101 Å². The largest absolute Gasteiger partial charge is 0.388 e. The molecule has 0 radical (unpaired) electrons. The van der Waals surface area contributed by atoms with Gasteiger partial charge in [0.1, 0.15) is 11.8 Å². The highest BCUT2D eigenvalue weighted by molar-refractivity contribution is 7.99. The third kappa shape index (κ3) is 9.81. The van der Waals surface area contributed by atoms with Crippen LogP contribution in [0.3, 0.4) is 0 Å². The first-order chi connectivity index (χ1) is 21.4. The summed E-state index contributed by atoms with van der Waals surface area (Å²) in [6.45, 7) is 6.07. The molecule has 2 aromatic heterocycles. The molecule has 1 N–H and O–H groups in total. The predicted molar refractivity (Wildman–Crippen MR) is 167 cm³/mol. The van der Waals surface area contributed by atoms with Gasteiger partial charge in [-0.05, 0) is 42.0 Å². The molecule has 0 aliphatic carbocycles. The molecule has 44 heavy (non-hydrogen) atoms. The van der Waals surface area contributed by atoms with Gasteiger partial charge in [0.15, 0.2) is 0 Å². The number of benzene rings is 1. The summed E-state index contributed by atoms with van der Waals surface area (Å²) in [4.78, 5) is 30.6. The molecule has 1 saturated heterocycles. The number of azide groups is 1. The molecule has 0 saturated carbocycles. The van der Waals surface area contributed by atoms with Crippen LogP contribution < -0.4 is 5.56 Å². The smallest absolute Gasteiger partial charge is 0.277 e. The van der Waals surface area contributed by atoms with Crippen molar-refractivity contribution in [2.45, 2.75) is 49.3 Å². The van der Waals surface area contributed by atoms with E-state index < -0.39 is 5.60 Å². The van der Waals surface area contributed by atoms with Gasteiger partial charge in [-0.2, -0.15) is 5.10 Å². The van der Waals surface area contributed by atoms with Gasteiger partial charge >= 0.3 is 0 Å². The van der Waals surface area contributed by atoms with Gasteiger partial charge in [0, 0.05) is 36.7 Å². The molecule has 1 aliphatic rings. The maximum Gasteiger partial charge on any atom is 0.277 e. The average Bonchev–Trinajstić information content (AvgIpc) is 3.45. The van der Waals surface area contributed by atoms with Gasteiger partial charge < -0.3 is 24.2 Å². The van der Waals surface area contributed by atoms with Crippen molar-refractivity contribution in [3.05, 3.63) is 75.2 Å². The summed E-state index contributed by atoms with van der Waals surface area (Å²) >= 11 is 1.54. The molecule has 3 aromatic rings. The summed E-state index contributed by atoms with van der Waals surface area (Å²) in [6, 6.07) is 13.6. The highest BCUT2D eigenvalue weighted by Gasteiger charge is 2.35. The zero-order valence-corrected chi connectivity index (χ0v) is 25.9. The lowest BCUT2D eigenvalue weighted by molar-refractivity contribution is -0.136. The Morgan fingerprint density at radius 2 is 1.75 bits per heavy atom. The standard InChI is InChI=1S/C30H41N7O6S/c1-24(25-5-3-2-4-6-25)21-27(38)35-12-9-30(40,10-13-35)22-36-23-33-37-26(29(36)39)7-8-28(37)44-20-19-43-18-17-42-16-15-41-14-11-32-34-31/h2-8,23-24,40H,9-22H2,1H3/t24-/m1/s1. The number of aromatic nitrogens is 3. The number of nitrogens with zero attached hydrogens (tertiary/aromatic N) is 7. The van der Waals surface area contributed by atoms with Gasteiger partial charge in [0.05, 0.1) is 56.8 Å². The molecule has 1 amide bonds. The number of aliphatic hydroxyl groups is 1. The highest BCUT2D eigenvalue weighted by Crippen LogP contribution is 2.27. The zero-order chi connectivity index (χ0) is 31.2. The van der Waals surface area contributed by atoms with Gasteiger partial charge in [0.2, 0.25) is 5.91 Å². The van der Waals surface area contributed by atoms with Crippen LogP contribution in [0.2, 0.25) is 0 Å². The minimum absolute atomic E-state index is 0.0856. The van der Waals surface area contributed by atoms with Gasteiger partial charge in [-0.25, -0.2) is 4.52 Å². The Hall–Kier alpha value is -3.39. The van der Waals surface area contributed by atoms with E-state index in [9.17, 15) is 14.7 Å². The Labute approximate surface area is 260 Å². The van der Waals surface area contributed by atoms with E-state index in [1.807, 2.05) is 41.3 Å². The Morgan fingerprint density at radius 3 is 2.45 bits per heavy atom. The van der Waals surface area contributed by atoms with Crippen LogP contribution in [0.15, 0.2) is 63.7 Å². The Balaban J connectivity index is 1.17. The number of likely N-dealkylation sites (tertiary alicyclic amines) is 1. The number of piperidine rings is 1. The molecule has 0 unspecified atom stereocenters. The first-order valence-electron chi connectivity index (χ1n) is 14.9. The van der Waals surface area contributed by atoms with Crippen molar-refractivity contribution in [2.75, 3.05) is 65.0 Å². The van der Waals surface area contributed by atoms with E-state index >= 15 is 0 Å². The predicted octanol–water partition coefficient (Wildman–Crippen LogP) is 3.50. The van der Waals surface area contributed by atoms with E-state index in [0.29, 0.717) is 89.8 Å². The van der Waals surface area contributed by atoms with Gasteiger partial charge in [-0.1, -0.05) is 42.4 Å². The summed E-state index contributed by atoms with van der Waals surface area (Å²) in [5.41, 5.74) is 8.47. The molecule has 0 spiro atoms. The van der Waals surface area contributed by atoms with Gasteiger partial charge in [-0.15, -0.1) is 11.8 Å². The summed E-state index contributed by atoms with van der Waals surface area (Å²) in [7, 11) is 0. The number of hydrogen-bond acceptors (Lipinski definition) is 9. The zero-order valence-electron chi connectivity index (χ0n) is 25.1. The molecule has 1 aliphatic heterocycles. The quantitative estimate of drug-likeness (QED) is 0.0739. The second kappa shape index (κ2) is 17.2. The van der Waals surface area contributed by atoms with Crippen molar-refractivity contribution in [2.24, 2.45) is 5.11 Å². The van der Waals surface area contributed by atoms with Gasteiger partial charge in [-0.3, -0.25) is 14.2 Å². The molecule has 14 heteroatoms. The monoisotopic (exact) mass is 627 g/mol. The SMILES string of the molecule is C[C@H](CC(=O)N1CCC(O)(Cn2cnn3c(SCCOCCOCCOCCN=[N+]=[N-])ccc3c2=O)CC1)c1ccccc1. The van der Waals surface area contributed by atoms with E-state index in [0.717, 1.165) is 10.6 Å². The van der Waals surface area contributed by atoms with E-state index in [4.69, 9.17) is 19.7 Å². The number of rotatable bonds is 18. The number of thioether (sulfide) groups is 1. The maximum absolute atomic E-state index is 13.2. The van der Waals surface area contributed by atoms with Crippen LogP contribution in [0.25, 0.3) is 16.0 Å². The van der Waals surface area contributed by atoms with E-state index in [1.165, 1.54) is 22.7 Å². The maximum atomic E-state index is 13.2. The molecule has 1 fully saturated rings. The van der Waals surface area contributed by atoms with E-state index in [2.05, 4.69) is 22.0 Å². The molecule has 1 atom stereocenters. The molecule has 238 valence electrons. The fourth-order valence-electron chi connectivity index (χ4n) is 5.06. The van der Waals surface area contributed by atoms with Crippen molar-refractivity contribution in [1.29, 1.82) is 0 Å². The fourth-order valence-corrected chi connectivity index (χ4v) is 5.90. The fraction of sp³-hybridized carbons (Fsp3) is 0.567. The van der Waals surface area contributed by atoms with Crippen molar-refractivity contribution in [1.82, 2.24) is 19.1 Å². The number of carbonyl (C=O) groups is 1. The van der Waals surface area contributed by atoms with Crippen LogP contribution in [0.5, 0.6) is 0 Å². The number of fused-ring (bicyclic) bond motifs is 1. The van der Waals surface area contributed by atoms with E-state index in [1.54, 1.807) is 10.6 Å². The molecule has 1 aromatic carbocycles. The minimum Gasteiger partial charge on any atom is -0.388 e. The molecule has 0 bridgehead atoms. The summed E-state index contributed by atoms with van der Waals surface area (Å²) in [5.74, 6) is 0.888. The minimum atomic E-state index is -1.09. The summed E-state index contributed by atoms with van der Waals surface area (Å²) in [6.07, 6.45) is 2.70. The van der Waals surface area contributed by atoms with Gasteiger partial charge in [0.25, 0.3) is 5.56 Å². The van der Waals surface area contributed by atoms with Crippen molar-refractivity contribution in [3.8, 4) is 0 Å². The molecule has 3 heterocycles. The van der Waals surface area contributed by atoms with Crippen LogP contribution in [-0.2, 0) is 25.5 Å². The lowest BCUT2D eigenvalue weighted by atomic mass is 9.90. The first kappa shape index (κ1) is 33.5. The first-order valence-corrected chi connectivity index (χ1v) is 15.9. The average molecular weight is 628 g/mol. The molecule has 4 rings (SSSR count). The van der Waals surface area contributed by atoms with Crippen molar-refractivity contribution < 1.29 is 24.1 Å². The molecular formula is C30H41N7O6S. The van der Waals surface area contributed by atoms with Crippen molar-refractivity contribution >= 4 is 23.2 Å². The summed E-state index contributed by atoms with van der Waals surface area (Å²) in [5, 5.41) is 20.0. The second-order valence-electron chi connectivity index (χ2n) is 10.8. The number of carbonyl (C=O) groups excluding carboxylic acids is 1. The van der Waals surface area contributed by atoms with Crippen LogP contribution in [0, 0.1) is 0 Å². The normalized spacial score (nSPS) is 15.3.